The second kappa shape index (κ2) is 6.09. The molecule has 24 heavy (non-hydrogen) atoms. The Hall–Kier alpha value is -1.51. The molecule has 1 aromatic carbocycles. The summed E-state index contributed by atoms with van der Waals surface area (Å²) in [6.45, 7) is 2.38. The Bertz CT molecular complexity index is 792. The van der Waals surface area contributed by atoms with Crippen LogP contribution in [-0.4, -0.2) is 20.4 Å². The van der Waals surface area contributed by atoms with Gasteiger partial charge in [-0.3, -0.25) is 5.14 Å². The van der Waals surface area contributed by atoms with Crippen molar-refractivity contribution in [2.24, 2.45) is 5.14 Å². The summed E-state index contributed by atoms with van der Waals surface area (Å²) < 4.78 is 45.0. The van der Waals surface area contributed by atoms with Crippen molar-refractivity contribution in [3.63, 3.8) is 0 Å². The summed E-state index contributed by atoms with van der Waals surface area (Å²) in [5.74, 6) is -2.04. The van der Waals surface area contributed by atoms with Crippen molar-refractivity contribution in [1.29, 1.82) is 0 Å². The Kier molecular flexibility index (Phi) is 4.06. The lowest BCUT2D eigenvalue weighted by Crippen LogP contribution is -2.31. The van der Waals surface area contributed by atoms with Crippen LogP contribution in [0.15, 0.2) is 12.1 Å². The highest BCUT2D eigenvalue weighted by atomic mass is 32.2. The summed E-state index contributed by atoms with van der Waals surface area (Å²) in [5, 5.41) is 5.62. The van der Waals surface area contributed by atoms with Crippen LogP contribution in [0.5, 0.6) is 0 Å². The summed E-state index contributed by atoms with van der Waals surface area (Å²) in [4.78, 5) is 4.70. The van der Waals surface area contributed by atoms with Gasteiger partial charge in [0.25, 0.3) is 0 Å². The van der Waals surface area contributed by atoms with Gasteiger partial charge in [0.1, 0.15) is 11.6 Å². The summed E-state index contributed by atoms with van der Waals surface area (Å²) in [6.07, 6.45) is 2.02. The predicted molar refractivity (Wildman–Crippen MR) is 85.5 cm³/mol. The molecule has 2 heterocycles. The SMILES string of the molecule is NSN1CCn2c(nc3c2CCC(c2cc(F)c(F)cc2F)C3)C1. The second-order valence-corrected chi connectivity index (χ2v) is 7.00. The van der Waals surface area contributed by atoms with Gasteiger partial charge in [-0.15, -0.1) is 0 Å². The molecule has 128 valence electrons. The van der Waals surface area contributed by atoms with E-state index in [2.05, 4.69) is 4.57 Å². The molecule has 4 rings (SSSR count). The number of halogens is 3. The van der Waals surface area contributed by atoms with Crippen molar-refractivity contribution in [2.75, 3.05) is 6.54 Å². The first-order valence-corrected chi connectivity index (χ1v) is 8.74. The smallest absolute Gasteiger partial charge is 0.161 e. The van der Waals surface area contributed by atoms with Gasteiger partial charge in [0, 0.05) is 37.0 Å². The fourth-order valence-corrected chi connectivity index (χ4v) is 4.10. The molecule has 1 aromatic heterocycles. The van der Waals surface area contributed by atoms with Crippen LogP contribution < -0.4 is 5.14 Å². The minimum atomic E-state index is -1.15. The highest BCUT2D eigenvalue weighted by Crippen LogP contribution is 2.35. The van der Waals surface area contributed by atoms with Gasteiger partial charge in [0.2, 0.25) is 0 Å². The molecule has 1 atom stereocenters. The third-order valence-corrected chi connectivity index (χ3v) is 5.53. The maximum atomic E-state index is 14.1. The molecule has 0 saturated heterocycles. The minimum absolute atomic E-state index is 0.176. The molecule has 0 bridgehead atoms. The third-order valence-electron chi connectivity index (χ3n) is 4.92. The van der Waals surface area contributed by atoms with Gasteiger partial charge in [-0.1, -0.05) is 0 Å². The highest BCUT2D eigenvalue weighted by Gasteiger charge is 2.30. The van der Waals surface area contributed by atoms with E-state index in [0.717, 1.165) is 37.1 Å². The lowest BCUT2D eigenvalue weighted by molar-refractivity contribution is 0.362. The normalized spacial score (nSPS) is 20.8. The molecule has 0 radical (unpaired) electrons. The van der Waals surface area contributed by atoms with Crippen LogP contribution in [0.25, 0.3) is 0 Å². The van der Waals surface area contributed by atoms with Gasteiger partial charge in [0.05, 0.1) is 12.2 Å². The van der Waals surface area contributed by atoms with Crippen LogP contribution in [0.1, 0.15) is 35.1 Å². The van der Waals surface area contributed by atoms with E-state index in [1.807, 2.05) is 4.31 Å². The van der Waals surface area contributed by atoms with E-state index < -0.39 is 17.5 Å². The average Bonchev–Trinajstić information content (AvgIpc) is 2.94. The van der Waals surface area contributed by atoms with Crippen molar-refractivity contribution in [3.8, 4) is 0 Å². The molecule has 0 fully saturated rings. The molecule has 1 aliphatic carbocycles. The van der Waals surface area contributed by atoms with Crippen LogP contribution in [0.2, 0.25) is 0 Å². The molecule has 4 nitrogen and oxygen atoms in total. The zero-order valence-electron chi connectivity index (χ0n) is 12.9. The largest absolute Gasteiger partial charge is 0.329 e. The van der Waals surface area contributed by atoms with Crippen molar-refractivity contribution >= 4 is 12.1 Å². The molecular formula is C16H17F3N4S. The molecule has 8 heteroatoms. The number of nitrogens with two attached hydrogens (primary N) is 1. The van der Waals surface area contributed by atoms with Gasteiger partial charge >= 0.3 is 0 Å². The first-order chi connectivity index (χ1) is 11.6. The molecule has 0 amide bonds. The minimum Gasteiger partial charge on any atom is -0.329 e. The molecule has 0 saturated carbocycles. The first kappa shape index (κ1) is 16.0. The highest BCUT2D eigenvalue weighted by molar-refractivity contribution is 7.94. The van der Waals surface area contributed by atoms with Crippen LogP contribution in [0, 0.1) is 17.5 Å². The van der Waals surface area contributed by atoms with E-state index in [4.69, 9.17) is 10.1 Å². The molecule has 2 aromatic rings. The van der Waals surface area contributed by atoms with Crippen molar-refractivity contribution in [3.05, 3.63) is 52.4 Å². The maximum absolute atomic E-state index is 14.1. The monoisotopic (exact) mass is 354 g/mol. The predicted octanol–water partition coefficient (Wildman–Crippen LogP) is 2.91. The van der Waals surface area contributed by atoms with E-state index in [1.165, 1.54) is 17.8 Å². The maximum Gasteiger partial charge on any atom is 0.161 e. The fourth-order valence-electron chi connectivity index (χ4n) is 3.72. The van der Waals surface area contributed by atoms with Crippen LogP contribution in [0.4, 0.5) is 13.2 Å². The molecule has 1 aliphatic heterocycles. The van der Waals surface area contributed by atoms with E-state index >= 15 is 0 Å². The number of imidazole rings is 1. The molecule has 0 spiro atoms. The lowest BCUT2D eigenvalue weighted by atomic mass is 9.84. The molecule has 2 N–H and O–H groups in total. The number of hydrogen-bond donors (Lipinski definition) is 1. The Morgan fingerprint density at radius 2 is 1.92 bits per heavy atom. The second-order valence-electron chi connectivity index (χ2n) is 6.27. The van der Waals surface area contributed by atoms with Gasteiger partial charge in [-0.2, -0.15) is 0 Å². The topological polar surface area (TPSA) is 47.1 Å². The number of aromatic nitrogens is 2. The summed E-state index contributed by atoms with van der Waals surface area (Å²) >= 11 is 1.21. The van der Waals surface area contributed by atoms with E-state index in [-0.39, 0.29) is 11.5 Å². The number of nitrogens with zero attached hydrogens (tertiary/aromatic N) is 3. The first-order valence-electron chi connectivity index (χ1n) is 7.90. The van der Waals surface area contributed by atoms with Gasteiger partial charge in [-0.05, 0) is 36.8 Å². The van der Waals surface area contributed by atoms with Gasteiger partial charge < -0.3 is 4.57 Å². The van der Waals surface area contributed by atoms with E-state index in [1.54, 1.807) is 0 Å². The Balaban J connectivity index is 1.63. The number of benzene rings is 1. The van der Waals surface area contributed by atoms with Crippen LogP contribution in [0.3, 0.4) is 0 Å². The number of hydrogen-bond acceptors (Lipinski definition) is 4. The standard InChI is InChI=1S/C16H17F3N4S/c17-11-7-13(19)12(18)6-10(11)9-1-2-15-14(5-9)21-16-8-22(24-20)3-4-23(15)16/h6-7,9H,1-5,8,20H2. The van der Waals surface area contributed by atoms with Crippen LogP contribution in [-0.2, 0) is 25.9 Å². The molecule has 2 aliphatic rings. The van der Waals surface area contributed by atoms with E-state index in [0.29, 0.717) is 25.5 Å². The Labute approximate surface area is 142 Å². The lowest BCUT2D eigenvalue weighted by Gasteiger charge is -2.27. The Morgan fingerprint density at radius 1 is 1.12 bits per heavy atom. The van der Waals surface area contributed by atoms with Crippen LogP contribution >= 0.6 is 12.1 Å². The van der Waals surface area contributed by atoms with Crippen molar-refractivity contribution in [1.82, 2.24) is 13.9 Å². The number of rotatable bonds is 2. The summed E-state index contributed by atoms with van der Waals surface area (Å²) in [6, 6.07) is 1.62. The zero-order valence-corrected chi connectivity index (χ0v) is 13.8. The molecule has 1 unspecified atom stereocenters. The Morgan fingerprint density at radius 3 is 2.71 bits per heavy atom. The quantitative estimate of drug-likeness (QED) is 0.665. The van der Waals surface area contributed by atoms with Gasteiger partial charge in [-0.25, -0.2) is 22.5 Å². The number of fused-ring (bicyclic) bond motifs is 3. The average molecular weight is 354 g/mol. The fraction of sp³-hybridized carbons (Fsp3) is 0.438. The summed E-state index contributed by atoms with van der Waals surface area (Å²) in [7, 11) is 0. The van der Waals surface area contributed by atoms with Gasteiger partial charge in [0.15, 0.2) is 11.6 Å². The van der Waals surface area contributed by atoms with Crippen molar-refractivity contribution < 1.29 is 13.2 Å². The third kappa shape index (κ3) is 2.62. The van der Waals surface area contributed by atoms with E-state index in [9.17, 15) is 13.2 Å². The summed E-state index contributed by atoms with van der Waals surface area (Å²) in [5.41, 5.74) is 2.37. The molecular weight excluding hydrogens is 337 g/mol. The zero-order chi connectivity index (χ0) is 16.8. The van der Waals surface area contributed by atoms with Crippen molar-refractivity contribution in [2.45, 2.75) is 38.3 Å².